The molecule has 0 spiro atoms. The zero-order chi connectivity index (χ0) is 8.55. The van der Waals surface area contributed by atoms with Gasteiger partial charge in [-0.05, 0) is 12.1 Å². The first-order valence-corrected chi connectivity index (χ1v) is 3.72. The quantitative estimate of drug-likeness (QED) is 0.434. The van der Waals surface area contributed by atoms with Crippen LogP contribution in [0.2, 0.25) is 0 Å². The summed E-state index contributed by atoms with van der Waals surface area (Å²) in [6, 6.07) is 3.99. The summed E-state index contributed by atoms with van der Waals surface area (Å²) in [6.07, 6.45) is 5.67. The molecule has 0 bridgehead atoms. The number of guanidine groups is 1. The predicted molar refractivity (Wildman–Crippen MR) is 47.2 cm³/mol. The fraction of sp³-hybridized carbons (Fsp3) is 0.125. The molecule has 0 saturated heterocycles. The molecule has 0 unspecified atom stereocenters. The van der Waals surface area contributed by atoms with E-state index in [1.165, 1.54) is 0 Å². The summed E-state index contributed by atoms with van der Waals surface area (Å²) in [5.74, 6) is 0.0821. The second kappa shape index (κ2) is 2.41. The van der Waals surface area contributed by atoms with E-state index in [0.29, 0.717) is 6.54 Å². The summed E-state index contributed by atoms with van der Waals surface area (Å²) >= 11 is 0. The predicted octanol–water partition coefficient (Wildman–Crippen LogP) is 0.625. The lowest BCUT2D eigenvalue weighted by Crippen LogP contribution is -2.33. The van der Waals surface area contributed by atoms with Crippen molar-refractivity contribution in [2.75, 3.05) is 0 Å². The Kier molecular flexibility index (Phi) is 1.40. The van der Waals surface area contributed by atoms with Gasteiger partial charge in [0.15, 0.2) is 5.96 Å². The van der Waals surface area contributed by atoms with Crippen molar-refractivity contribution in [3.63, 3.8) is 0 Å². The Labute approximate surface area is 70.4 Å². The van der Waals surface area contributed by atoms with Gasteiger partial charge in [-0.3, -0.25) is 5.41 Å². The maximum atomic E-state index is 7.23. The van der Waals surface area contributed by atoms with Crippen molar-refractivity contribution in [1.82, 2.24) is 9.47 Å². The van der Waals surface area contributed by atoms with E-state index in [4.69, 9.17) is 11.1 Å². The van der Waals surface area contributed by atoms with Crippen LogP contribution >= 0.6 is 0 Å². The average Bonchev–Trinajstić information content (AvgIpc) is 2.49. The van der Waals surface area contributed by atoms with Crippen LogP contribution in [-0.4, -0.2) is 15.4 Å². The van der Waals surface area contributed by atoms with Crippen LogP contribution in [0.4, 0.5) is 0 Å². The smallest absolute Gasteiger partial charge is 0.192 e. The van der Waals surface area contributed by atoms with Crippen molar-refractivity contribution in [1.29, 1.82) is 5.41 Å². The summed E-state index contributed by atoms with van der Waals surface area (Å²) in [5.41, 5.74) is 6.49. The molecular weight excluding hydrogens is 152 g/mol. The normalized spacial score (nSPS) is 14.5. The van der Waals surface area contributed by atoms with Gasteiger partial charge in [-0.25, -0.2) is 0 Å². The van der Waals surface area contributed by atoms with E-state index in [2.05, 4.69) is 0 Å². The number of nitrogens with one attached hydrogen (secondary N) is 1. The first-order valence-electron chi connectivity index (χ1n) is 3.72. The third-order valence-corrected chi connectivity index (χ3v) is 1.92. The minimum absolute atomic E-state index is 0.0821. The lowest BCUT2D eigenvalue weighted by Gasteiger charge is -2.22. The van der Waals surface area contributed by atoms with E-state index < -0.39 is 0 Å². The Bertz CT molecular complexity index is 337. The first-order chi connectivity index (χ1) is 5.77. The number of aromatic nitrogens is 1. The van der Waals surface area contributed by atoms with Crippen LogP contribution in [-0.2, 0) is 6.54 Å². The van der Waals surface area contributed by atoms with Crippen molar-refractivity contribution in [3.05, 3.63) is 30.2 Å². The highest BCUT2D eigenvalue weighted by Crippen LogP contribution is 2.12. The molecule has 12 heavy (non-hydrogen) atoms. The molecule has 0 atom stereocenters. The van der Waals surface area contributed by atoms with Gasteiger partial charge in [-0.15, -0.1) is 0 Å². The molecular formula is C8H10N4. The second-order valence-corrected chi connectivity index (χ2v) is 2.72. The zero-order valence-electron chi connectivity index (χ0n) is 6.57. The number of fused-ring (bicyclic) bond motifs is 1. The Morgan fingerprint density at radius 1 is 1.50 bits per heavy atom. The van der Waals surface area contributed by atoms with Crippen molar-refractivity contribution in [2.24, 2.45) is 5.73 Å². The summed E-state index contributed by atoms with van der Waals surface area (Å²) < 4.78 is 2.01. The van der Waals surface area contributed by atoms with Crippen LogP contribution in [0.3, 0.4) is 0 Å². The summed E-state index contributed by atoms with van der Waals surface area (Å²) in [6.45, 7) is 0.679. The number of rotatable bonds is 0. The number of nitrogens with two attached hydrogens (primary N) is 1. The van der Waals surface area contributed by atoms with E-state index in [1.54, 1.807) is 11.1 Å². The monoisotopic (exact) mass is 162 g/mol. The van der Waals surface area contributed by atoms with Gasteiger partial charge in [0.25, 0.3) is 0 Å². The van der Waals surface area contributed by atoms with Crippen LogP contribution in [0.5, 0.6) is 0 Å². The molecule has 4 nitrogen and oxygen atoms in total. The molecule has 62 valence electrons. The zero-order valence-corrected chi connectivity index (χ0v) is 6.57. The van der Waals surface area contributed by atoms with E-state index in [0.717, 1.165) is 5.69 Å². The Balaban J connectivity index is 2.30. The molecule has 0 amide bonds. The summed E-state index contributed by atoms with van der Waals surface area (Å²) in [4.78, 5) is 1.69. The van der Waals surface area contributed by atoms with E-state index in [1.807, 2.05) is 29.1 Å². The second-order valence-electron chi connectivity index (χ2n) is 2.72. The lowest BCUT2D eigenvalue weighted by molar-refractivity contribution is 0.516. The third-order valence-electron chi connectivity index (χ3n) is 1.92. The van der Waals surface area contributed by atoms with Gasteiger partial charge in [0.05, 0.1) is 6.54 Å². The molecule has 0 saturated carbocycles. The number of nitrogens with zero attached hydrogens (tertiary/aromatic N) is 2. The van der Waals surface area contributed by atoms with Crippen molar-refractivity contribution in [3.8, 4) is 0 Å². The van der Waals surface area contributed by atoms with E-state index >= 15 is 0 Å². The van der Waals surface area contributed by atoms with Crippen LogP contribution in [0.25, 0.3) is 6.20 Å². The largest absolute Gasteiger partial charge is 0.370 e. The Morgan fingerprint density at radius 2 is 2.33 bits per heavy atom. The van der Waals surface area contributed by atoms with Crippen molar-refractivity contribution in [2.45, 2.75) is 6.54 Å². The summed E-state index contributed by atoms with van der Waals surface area (Å²) in [5, 5.41) is 7.23. The van der Waals surface area contributed by atoms with Crippen LogP contribution in [0.15, 0.2) is 24.5 Å². The van der Waals surface area contributed by atoms with Crippen LogP contribution in [0, 0.1) is 5.41 Å². The van der Waals surface area contributed by atoms with E-state index in [9.17, 15) is 0 Å². The van der Waals surface area contributed by atoms with Gasteiger partial charge in [0.1, 0.15) is 0 Å². The molecule has 1 aromatic rings. The number of hydrogen-bond donors (Lipinski definition) is 2. The lowest BCUT2D eigenvalue weighted by atomic mass is 10.3. The minimum atomic E-state index is 0.0821. The molecule has 2 rings (SSSR count). The highest BCUT2D eigenvalue weighted by molar-refractivity contribution is 5.76. The summed E-state index contributed by atoms with van der Waals surface area (Å²) in [7, 11) is 0. The van der Waals surface area contributed by atoms with Gasteiger partial charge in [-0.1, -0.05) is 0 Å². The minimum Gasteiger partial charge on any atom is -0.370 e. The standard InChI is InChI=1S/C8H10N4/c9-8(10)12-5-4-11-3-1-2-7(11)6-12/h1-5H,6H2,(H3,9,10). The first kappa shape index (κ1) is 6.97. The van der Waals surface area contributed by atoms with Crippen LogP contribution in [0.1, 0.15) is 5.69 Å². The van der Waals surface area contributed by atoms with E-state index in [-0.39, 0.29) is 5.96 Å². The molecule has 2 heterocycles. The van der Waals surface area contributed by atoms with Gasteiger partial charge in [-0.2, -0.15) is 0 Å². The molecule has 3 N–H and O–H groups in total. The highest BCUT2D eigenvalue weighted by Gasteiger charge is 2.10. The molecule has 0 radical (unpaired) electrons. The van der Waals surface area contributed by atoms with Crippen molar-refractivity contribution >= 4 is 12.2 Å². The molecule has 1 aliphatic rings. The maximum absolute atomic E-state index is 7.23. The molecule has 1 aliphatic heterocycles. The molecule has 1 aromatic heterocycles. The molecule has 4 heteroatoms. The Hall–Kier alpha value is -1.71. The fourth-order valence-corrected chi connectivity index (χ4v) is 1.25. The molecule has 0 aromatic carbocycles. The SMILES string of the molecule is N=C(N)N1C=Cn2cccc2C1. The van der Waals surface area contributed by atoms with Gasteiger partial charge < -0.3 is 15.2 Å². The van der Waals surface area contributed by atoms with Gasteiger partial charge in [0, 0.05) is 24.3 Å². The average molecular weight is 162 g/mol. The fourth-order valence-electron chi connectivity index (χ4n) is 1.25. The van der Waals surface area contributed by atoms with Gasteiger partial charge >= 0.3 is 0 Å². The highest BCUT2D eigenvalue weighted by atomic mass is 15.2. The van der Waals surface area contributed by atoms with Crippen LogP contribution < -0.4 is 5.73 Å². The molecule has 0 fully saturated rings. The Morgan fingerprint density at radius 3 is 3.08 bits per heavy atom. The maximum Gasteiger partial charge on any atom is 0.192 e. The topological polar surface area (TPSA) is 58.0 Å². The molecule has 0 aliphatic carbocycles. The third kappa shape index (κ3) is 0.972. The van der Waals surface area contributed by atoms with Gasteiger partial charge in [0.2, 0.25) is 0 Å². The number of hydrogen-bond acceptors (Lipinski definition) is 1. The van der Waals surface area contributed by atoms with Crippen molar-refractivity contribution < 1.29 is 0 Å².